The average molecular weight is 248 g/mol. The zero-order valence-electron chi connectivity index (χ0n) is 10.1. The maximum absolute atomic E-state index is 11.8. The number of benzene rings is 1. The molecule has 0 atom stereocenters. The number of ether oxygens (including phenoxy) is 1. The second-order valence-electron chi connectivity index (χ2n) is 4.04. The Kier molecular flexibility index (Phi) is 4.30. The van der Waals surface area contributed by atoms with Crippen LogP contribution in [0.25, 0.3) is 0 Å². The molecule has 96 valence electrons. The van der Waals surface area contributed by atoms with E-state index in [1.165, 1.54) is 0 Å². The molecule has 2 rings (SSSR count). The van der Waals surface area contributed by atoms with E-state index in [9.17, 15) is 9.59 Å². The highest BCUT2D eigenvalue weighted by Gasteiger charge is 2.17. The molecule has 5 heteroatoms. The summed E-state index contributed by atoms with van der Waals surface area (Å²) in [6, 6.07) is 8.86. The van der Waals surface area contributed by atoms with Gasteiger partial charge in [-0.25, -0.2) is 0 Å². The molecule has 0 saturated carbocycles. The van der Waals surface area contributed by atoms with E-state index in [-0.39, 0.29) is 18.4 Å². The van der Waals surface area contributed by atoms with E-state index in [2.05, 4.69) is 5.32 Å². The van der Waals surface area contributed by atoms with Crippen molar-refractivity contribution in [2.75, 3.05) is 32.8 Å². The lowest BCUT2D eigenvalue weighted by atomic mass is 10.2. The molecule has 0 unspecified atom stereocenters. The van der Waals surface area contributed by atoms with Crippen LogP contribution in [0.2, 0.25) is 0 Å². The Hall–Kier alpha value is -1.88. The van der Waals surface area contributed by atoms with Gasteiger partial charge in [-0.05, 0) is 12.1 Å². The first kappa shape index (κ1) is 12.6. The van der Waals surface area contributed by atoms with E-state index in [4.69, 9.17) is 4.74 Å². The Balaban J connectivity index is 1.80. The van der Waals surface area contributed by atoms with Gasteiger partial charge in [0.15, 0.2) is 0 Å². The van der Waals surface area contributed by atoms with Crippen molar-refractivity contribution >= 4 is 11.8 Å². The summed E-state index contributed by atoms with van der Waals surface area (Å²) in [6.45, 7) is 2.37. The fourth-order valence-electron chi connectivity index (χ4n) is 1.77. The molecule has 0 bridgehead atoms. The van der Waals surface area contributed by atoms with Crippen molar-refractivity contribution in [3.8, 4) is 0 Å². The Bertz CT molecular complexity index is 414. The van der Waals surface area contributed by atoms with Crippen molar-refractivity contribution < 1.29 is 14.3 Å². The standard InChI is InChI=1S/C13H16N2O3/c16-12(15-6-8-18-9-7-15)10-14-13(17)11-4-2-1-3-5-11/h1-5H,6-10H2,(H,14,17). The van der Waals surface area contributed by atoms with Crippen LogP contribution in [0.5, 0.6) is 0 Å². The van der Waals surface area contributed by atoms with E-state index in [0.29, 0.717) is 31.9 Å². The fourth-order valence-corrected chi connectivity index (χ4v) is 1.77. The average Bonchev–Trinajstić information content (AvgIpc) is 2.46. The van der Waals surface area contributed by atoms with Crippen molar-refractivity contribution in [3.63, 3.8) is 0 Å². The number of carbonyl (C=O) groups excluding carboxylic acids is 2. The normalized spacial score (nSPS) is 15.2. The molecule has 1 aliphatic heterocycles. The van der Waals surface area contributed by atoms with Gasteiger partial charge in [-0.1, -0.05) is 18.2 Å². The first-order valence-corrected chi connectivity index (χ1v) is 5.96. The third kappa shape index (κ3) is 3.30. The summed E-state index contributed by atoms with van der Waals surface area (Å²) in [4.78, 5) is 25.2. The molecule has 0 aliphatic carbocycles. The lowest BCUT2D eigenvalue weighted by Crippen LogP contribution is -2.45. The molecular weight excluding hydrogens is 232 g/mol. The molecule has 1 heterocycles. The fraction of sp³-hybridized carbons (Fsp3) is 0.385. The minimum absolute atomic E-state index is 0.0354. The number of hydrogen-bond acceptors (Lipinski definition) is 3. The lowest BCUT2D eigenvalue weighted by molar-refractivity contribution is -0.134. The van der Waals surface area contributed by atoms with Crippen LogP contribution in [-0.2, 0) is 9.53 Å². The Morgan fingerprint density at radius 2 is 1.83 bits per heavy atom. The third-order valence-electron chi connectivity index (χ3n) is 2.80. The Morgan fingerprint density at radius 3 is 2.50 bits per heavy atom. The quantitative estimate of drug-likeness (QED) is 0.835. The van der Waals surface area contributed by atoms with Crippen LogP contribution in [0.4, 0.5) is 0 Å². The first-order chi connectivity index (χ1) is 8.77. The SMILES string of the molecule is O=C(NCC(=O)N1CCOCC1)c1ccccc1. The summed E-state index contributed by atoms with van der Waals surface area (Å²) >= 11 is 0. The van der Waals surface area contributed by atoms with E-state index >= 15 is 0 Å². The number of morpholine rings is 1. The summed E-state index contributed by atoms with van der Waals surface area (Å²) in [5.74, 6) is -0.292. The summed E-state index contributed by atoms with van der Waals surface area (Å²) in [6.07, 6.45) is 0. The lowest BCUT2D eigenvalue weighted by Gasteiger charge is -2.26. The van der Waals surface area contributed by atoms with Gasteiger partial charge in [-0.2, -0.15) is 0 Å². The van der Waals surface area contributed by atoms with Gasteiger partial charge >= 0.3 is 0 Å². The van der Waals surface area contributed by atoms with Gasteiger partial charge in [0, 0.05) is 18.7 Å². The predicted molar refractivity (Wildman–Crippen MR) is 66.2 cm³/mol. The maximum atomic E-state index is 11.8. The van der Waals surface area contributed by atoms with Crippen LogP contribution in [0, 0.1) is 0 Å². The maximum Gasteiger partial charge on any atom is 0.251 e. The van der Waals surface area contributed by atoms with Crippen LogP contribution in [-0.4, -0.2) is 49.6 Å². The van der Waals surface area contributed by atoms with Crippen molar-refractivity contribution in [3.05, 3.63) is 35.9 Å². The minimum atomic E-state index is -0.225. The van der Waals surface area contributed by atoms with Gasteiger partial charge < -0.3 is 15.0 Å². The zero-order chi connectivity index (χ0) is 12.8. The molecule has 18 heavy (non-hydrogen) atoms. The highest BCUT2D eigenvalue weighted by Crippen LogP contribution is 1.99. The molecular formula is C13H16N2O3. The van der Waals surface area contributed by atoms with E-state index in [0.717, 1.165) is 0 Å². The molecule has 5 nitrogen and oxygen atoms in total. The molecule has 1 saturated heterocycles. The van der Waals surface area contributed by atoms with Gasteiger partial charge in [0.05, 0.1) is 19.8 Å². The number of nitrogens with zero attached hydrogens (tertiary/aromatic N) is 1. The largest absolute Gasteiger partial charge is 0.378 e. The molecule has 0 aromatic heterocycles. The van der Waals surface area contributed by atoms with E-state index in [1.54, 1.807) is 29.2 Å². The number of amides is 2. The van der Waals surface area contributed by atoms with E-state index < -0.39 is 0 Å². The Labute approximate surface area is 106 Å². The summed E-state index contributed by atoms with van der Waals surface area (Å²) in [5, 5.41) is 2.63. The van der Waals surface area contributed by atoms with Gasteiger partial charge in [0.25, 0.3) is 5.91 Å². The second-order valence-corrected chi connectivity index (χ2v) is 4.04. The second kappa shape index (κ2) is 6.16. The number of nitrogens with one attached hydrogen (secondary N) is 1. The monoisotopic (exact) mass is 248 g/mol. The van der Waals surface area contributed by atoms with Crippen molar-refractivity contribution in [2.45, 2.75) is 0 Å². The topological polar surface area (TPSA) is 58.6 Å². The van der Waals surface area contributed by atoms with Crippen LogP contribution in [0.3, 0.4) is 0 Å². The third-order valence-corrected chi connectivity index (χ3v) is 2.80. The number of hydrogen-bond donors (Lipinski definition) is 1. The zero-order valence-corrected chi connectivity index (χ0v) is 10.1. The number of rotatable bonds is 3. The molecule has 2 amide bonds. The van der Waals surface area contributed by atoms with Crippen LogP contribution in [0.1, 0.15) is 10.4 Å². The van der Waals surface area contributed by atoms with Gasteiger partial charge in [-0.15, -0.1) is 0 Å². The summed E-state index contributed by atoms with van der Waals surface area (Å²) in [5.41, 5.74) is 0.562. The molecule has 0 spiro atoms. The highest BCUT2D eigenvalue weighted by atomic mass is 16.5. The summed E-state index contributed by atoms with van der Waals surface area (Å²) in [7, 11) is 0. The van der Waals surface area contributed by atoms with E-state index in [1.807, 2.05) is 6.07 Å². The van der Waals surface area contributed by atoms with Crippen molar-refractivity contribution in [2.24, 2.45) is 0 Å². The summed E-state index contributed by atoms with van der Waals surface area (Å²) < 4.78 is 5.16. The molecule has 1 aromatic carbocycles. The van der Waals surface area contributed by atoms with Gasteiger partial charge in [-0.3, -0.25) is 9.59 Å². The van der Waals surface area contributed by atoms with Crippen LogP contribution < -0.4 is 5.32 Å². The molecule has 0 radical (unpaired) electrons. The van der Waals surface area contributed by atoms with Crippen LogP contribution >= 0.6 is 0 Å². The number of carbonyl (C=O) groups is 2. The highest BCUT2D eigenvalue weighted by molar-refractivity contribution is 5.96. The predicted octanol–water partition coefficient (Wildman–Crippen LogP) is 0.275. The van der Waals surface area contributed by atoms with Gasteiger partial charge in [0.1, 0.15) is 0 Å². The first-order valence-electron chi connectivity index (χ1n) is 5.96. The minimum Gasteiger partial charge on any atom is -0.378 e. The molecule has 1 aliphatic rings. The smallest absolute Gasteiger partial charge is 0.251 e. The molecule has 1 fully saturated rings. The van der Waals surface area contributed by atoms with Crippen LogP contribution in [0.15, 0.2) is 30.3 Å². The molecule has 1 N–H and O–H groups in total. The molecule has 1 aromatic rings. The van der Waals surface area contributed by atoms with Crippen molar-refractivity contribution in [1.29, 1.82) is 0 Å². The Morgan fingerprint density at radius 1 is 1.17 bits per heavy atom. The van der Waals surface area contributed by atoms with Crippen molar-refractivity contribution in [1.82, 2.24) is 10.2 Å². The van der Waals surface area contributed by atoms with Gasteiger partial charge in [0.2, 0.25) is 5.91 Å².